The first-order valence-electron chi connectivity index (χ1n) is 5.10. The fraction of sp³-hybridized carbons (Fsp3) is 0.333. The average molecular weight is 252 g/mol. The van der Waals surface area contributed by atoms with Gasteiger partial charge in [0.2, 0.25) is 0 Å². The molecule has 2 aromatic heterocycles. The van der Waals surface area contributed by atoms with E-state index in [1.165, 1.54) is 11.0 Å². The van der Waals surface area contributed by atoms with E-state index >= 15 is 0 Å². The predicted molar refractivity (Wildman–Crippen MR) is 61.3 cm³/mol. The zero-order valence-corrected chi connectivity index (χ0v) is 9.41. The van der Waals surface area contributed by atoms with Gasteiger partial charge in [0.25, 0.3) is 5.91 Å². The molecule has 0 saturated carbocycles. The molecular weight excluding hydrogens is 240 g/mol. The van der Waals surface area contributed by atoms with Gasteiger partial charge >= 0.3 is 0 Å². The Kier molecular flexibility index (Phi) is 3.35. The summed E-state index contributed by atoms with van der Waals surface area (Å²) in [7, 11) is 0. The van der Waals surface area contributed by atoms with E-state index in [1.807, 2.05) is 0 Å². The third-order valence-electron chi connectivity index (χ3n) is 2.24. The Morgan fingerprint density at radius 1 is 1.50 bits per heavy atom. The highest BCUT2D eigenvalue weighted by Gasteiger charge is 2.18. The third-order valence-corrected chi connectivity index (χ3v) is 2.24. The van der Waals surface area contributed by atoms with E-state index in [1.54, 1.807) is 0 Å². The fourth-order valence-corrected chi connectivity index (χ4v) is 1.51. The maximum absolute atomic E-state index is 11.3. The summed E-state index contributed by atoms with van der Waals surface area (Å²) in [6, 6.07) is 0. The molecule has 0 fully saturated rings. The number of nitrogens with two attached hydrogens (primary N) is 2. The van der Waals surface area contributed by atoms with Crippen molar-refractivity contribution in [1.82, 2.24) is 19.7 Å². The molecule has 2 aromatic rings. The van der Waals surface area contributed by atoms with Crippen LogP contribution in [0, 0.1) is 0 Å². The molecule has 9 heteroatoms. The van der Waals surface area contributed by atoms with Gasteiger partial charge in [-0.2, -0.15) is 5.10 Å². The van der Waals surface area contributed by atoms with Gasteiger partial charge in [-0.3, -0.25) is 4.79 Å². The molecule has 5 N–H and O–H groups in total. The van der Waals surface area contributed by atoms with Crippen LogP contribution in [-0.2, 0) is 11.5 Å². The summed E-state index contributed by atoms with van der Waals surface area (Å²) in [5.74, 6) is -0.593. The second-order valence-corrected chi connectivity index (χ2v) is 3.43. The van der Waals surface area contributed by atoms with Crippen LogP contribution < -0.4 is 11.5 Å². The topological polar surface area (TPSA) is 142 Å². The smallest absolute Gasteiger partial charge is 0.270 e. The first kappa shape index (κ1) is 12.2. The number of nitrogens with zero attached hydrogens (tertiary/aromatic N) is 4. The molecule has 0 aromatic carbocycles. The van der Waals surface area contributed by atoms with Crippen LogP contribution in [0.25, 0.3) is 11.0 Å². The second kappa shape index (κ2) is 4.94. The maximum Gasteiger partial charge on any atom is 0.270 e. The summed E-state index contributed by atoms with van der Waals surface area (Å²) >= 11 is 0. The number of nitrogen functional groups attached to an aromatic ring is 1. The second-order valence-electron chi connectivity index (χ2n) is 3.43. The van der Waals surface area contributed by atoms with Gasteiger partial charge < -0.3 is 21.3 Å². The van der Waals surface area contributed by atoms with Gasteiger partial charge in [-0.25, -0.2) is 14.6 Å². The van der Waals surface area contributed by atoms with Crippen LogP contribution in [0.4, 0.5) is 5.82 Å². The Balaban J connectivity index is 2.48. The van der Waals surface area contributed by atoms with Crippen molar-refractivity contribution < 1.29 is 14.6 Å². The lowest BCUT2D eigenvalue weighted by Gasteiger charge is -2.02. The number of amides is 1. The van der Waals surface area contributed by atoms with Gasteiger partial charge in [-0.15, -0.1) is 0 Å². The number of carbonyl (C=O) groups is 1. The molecule has 0 spiro atoms. The maximum atomic E-state index is 11.3. The van der Waals surface area contributed by atoms with Crippen molar-refractivity contribution in [2.24, 2.45) is 5.73 Å². The molecule has 0 radical (unpaired) electrons. The number of aromatic nitrogens is 4. The van der Waals surface area contributed by atoms with Crippen molar-refractivity contribution in [1.29, 1.82) is 0 Å². The summed E-state index contributed by atoms with van der Waals surface area (Å²) in [4.78, 5) is 19.0. The number of fused-ring (bicyclic) bond motifs is 1. The van der Waals surface area contributed by atoms with Crippen molar-refractivity contribution in [2.45, 2.75) is 6.73 Å². The average Bonchev–Trinajstić information content (AvgIpc) is 2.70. The van der Waals surface area contributed by atoms with Crippen LogP contribution >= 0.6 is 0 Å². The SMILES string of the molecule is NC(=O)c1nn(COCCO)c2ncnc(N)c12. The van der Waals surface area contributed by atoms with E-state index in [2.05, 4.69) is 15.1 Å². The molecule has 18 heavy (non-hydrogen) atoms. The van der Waals surface area contributed by atoms with Crippen LogP contribution in [0.2, 0.25) is 0 Å². The molecule has 0 aliphatic rings. The van der Waals surface area contributed by atoms with Crippen molar-refractivity contribution in [3.8, 4) is 0 Å². The Bertz CT molecular complexity index is 581. The first-order valence-corrected chi connectivity index (χ1v) is 5.10. The zero-order valence-electron chi connectivity index (χ0n) is 9.41. The van der Waals surface area contributed by atoms with Crippen LogP contribution in [-0.4, -0.2) is 44.0 Å². The number of ether oxygens (including phenoxy) is 1. The minimum Gasteiger partial charge on any atom is -0.394 e. The Labute approximate surface area is 101 Å². The van der Waals surface area contributed by atoms with Gasteiger partial charge in [0.05, 0.1) is 18.6 Å². The molecule has 0 unspecified atom stereocenters. The van der Waals surface area contributed by atoms with Crippen LogP contribution in [0.1, 0.15) is 10.5 Å². The largest absolute Gasteiger partial charge is 0.394 e. The van der Waals surface area contributed by atoms with Gasteiger partial charge in [0.1, 0.15) is 18.9 Å². The zero-order chi connectivity index (χ0) is 13.1. The number of primary amides is 1. The highest BCUT2D eigenvalue weighted by atomic mass is 16.5. The minimum atomic E-state index is -0.720. The Morgan fingerprint density at radius 3 is 2.94 bits per heavy atom. The molecule has 0 saturated heterocycles. The Hall–Kier alpha value is -2.26. The number of hydrogen-bond acceptors (Lipinski definition) is 7. The van der Waals surface area contributed by atoms with E-state index in [-0.39, 0.29) is 31.5 Å². The molecule has 2 rings (SSSR count). The molecule has 0 atom stereocenters. The van der Waals surface area contributed by atoms with Crippen molar-refractivity contribution in [3.05, 3.63) is 12.0 Å². The van der Waals surface area contributed by atoms with E-state index in [4.69, 9.17) is 21.3 Å². The third kappa shape index (κ3) is 2.08. The highest BCUT2D eigenvalue weighted by molar-refractivity contribution is 6.06. The van der Waals surface area contributed by atoms with Gasteiger partial charge in [-0.05, 0) is 0 Å². The van der Waals surface area contributed by atoms with E-state index in [0.29, 0.717) is 11.0 Å². The van der Waals surface area contributed by atoms with Crippen LogP contribution in [0.3, 0.4) is 0 Å². The quantitative estimate of drug-likeness (QED) is 0.548. The molecular formula is C9H12N6O3. The number of aliphatic hydroxyl groups is 1. The standard InChI is InChI=1S/C9H12N6O3/c10-7-5-6(8(11)17)14-15(4-18-2-1-16)9(5)13-3-12-7/h3,16H,1-2,4H2,(H2,11,17)(H2,10,12,13). The molecule has 0 aliphatic heterocycles. The lowest BCUT2D eigenvalue weighted by atomic mass is 10.3. The molecule has 0 aliphatic carbocycles. The lowest BCUT2D eigenvalue weighted by molar-refractivity contribution is 0.0437. The number of carbonyl (C=O) groups excluding carboxylic acids is 1. The van der Waals surface area contributed by atoms with Gasteiger partial charge in [-0.1, -0.05) is 0 Å². The monoisotopic (exact) mass is 252 g/mol. The molecule has 1 amide bonds. The normalized spacial score (nSPS) is 10.9. The molecule has 0 bridgehead atoms. The summed E-state index contributed by atoms with van der Waals surface area (Å²) in [5, 5.41) is 12.9. The van der Waals surface area contributed by atoms with Gasteiger partial charge in [0.15, 0.2) is 11.3 Å². The van der Waals surface area contributed by atoms with E-state index in [9.17, 15) is 4.79 Å². The molecule has 2 heterocycles. The first-order chi connectivity index (χ1) is 8.65. The fourth-order valence-electron chi connectivity index (χ4n) is 1.51. The van der Waals surface area contributed by atoms with Gasteiger partial charge in [0, 0.05) is 0 Å². The molecule has 9 nitrogen and oxygen atoms in total. The number of aliphatic hydroxyl groups excluding tert-OH is 1. The highest BCUT2D eigenvalue weighted by Crippen LogP contribution is 2.20. The minimum absolute atomic E-state index is 0.00398. The predicted octanol–water partition coefficient (Wildman–Crippen LogP) is -1.53. The van der Waals surface area contributed by atoms with Crippen LogP contribution in [0.15, 0.2) is 6.33 Å². The summed E-state index contributed by atoms with van der Waals surface area (Å²) in [6.45, 7) is 0.0631. The van der Waals surface area contributed by atoms with E-state index in [0.717, 1.165) is 0 Å². The number of hydrogen-bond donors (Lipinski definition) is 3. The Morgan fingerprint density at radius 2 is 2.28 bits per heavy atom. The number of rotatable bonds is 5. The summed E-state index contributed by atoms with van der Waals surface area (Å²) in [5.41, 5.74) is 11.2. The van der Waals surface area contributed by atoms with Crippen molar-refractivity contribution >= 4 is 22.8 Å². The van der Waals surface area contributed by atoms with Crippen LogP contribution in [0.5, 0.6) is 0 Å². The lowest BCUT2D eigenvalue weighted by Crippen LogP contribution is -2.14. The van der Waals surface area contributed by atoms with E-state index < -0.39 is 5.91 Å². The summed E-state index contributed by atoms with van der Waals surface area (Å²) < 4.78 is 6.44. The van der Waals surface area contributed by atoms with Crippen molar-refractivity contribution in [3.63, 3.8) is 0 Å². The van der Waals surface area contributed by atoms with Crippen molar-refractivity contribution in [2.75, 3.05) is 18.9 Å². The number of anilines is 1. The molecule has 96 valence electrons. The summed E-state index contributed by atoms with van der Waals surface area (Å²) in [6.07, 6.45) is 1.26.